The molecule has 0 aromatic heterocycles. The fraction of sp³-hybridized carbons (Fsp3) is 0.182. The highest BCUT2D eigenvalue weighted by molar-refractivity contribution is 6.30. The monoisotopic (exact) mass is 224 g/mol. The summed E-state index contributed by atoms with van der Waals surface area (Å²) in [6, 6.07) is 7.02. The number of benzene rings is 1. The van der Waals surface area contributed by atoms with Crippen LogP contribution >= 0.6 is 11.6 Å². The van der Waals surface area contributed by atoms with Crippen LogP contribution in [0.4, 0.5) is 0 Å². The number of ether oxygens (including phenoxy) is 2. The zero-order valence-electron chi connectivity index (χ0n) is 7.85. The molecule has 1 unspecified atom stereocenters. The summed E-state index contributed by atoms with van der Waals surface area (Å²) in [5, 5.41) is 0.662. The van der Waals surface area contributed by atoms with Gasteiger partial charge in [0.25, 0.3) is 0 Å². The number of halogens is 1. The smallest absolute Gasteiger partial charge is 0.331 e. The molecule has 0 N–H and O–H groups in total. The summed E-state index contributed by atoms with van der Waals surface area (Å²) >= 11 is 5.72. The second-order valence-corrected chi connectivity index (χ2v) is 3.54. The number of hydrogen-bond acceptors (Lipinski definition) is 3. The van der Waals surface area contributed by atoms with Crippen molar-refractivity contribution in [2.75, 3.05) is 6.61 Å². The predicted molar refractivity (Wildman–Crippen MR) is 56.0 cm³/mol. The van der Waals surface area contributed by atoms with Crippen molar-refractivity contribution in [3.8, 4) is 5.75 Å². The highest BCUT2D eigenvalue weighted by Crippen LogP contribution is 2.16. The minimum atomic E-state index is -0.320. The van der Waals surface area contributed by atoms with Gasteiger partial charge in [0.2, 0.25) is 0 Å². The third-order valence-electron chi connectivity index (χ3n) is 1.94. The molecule has 1 aliphatic rings. The van der Waals surface area contributed by atoms with Gasteiger partial charge in [-0.1, -0.05) is 11.6 Å². The summed E-state index contributed by atoms with van der Waals surface area (Å²) in [4.78, 5) is 10.7. The predicted octanol–water partition coefficient (Wildman–Crippen LogP) is 2.20. The van der Waals surface area contributed by atoms with E-state index in [-0.39, 0.29) is 12.1 Å². The van der Waals surface area contributed by atoms with Crippen LogP contribution in [0.3, 0.4) is 0 Å². The normalized spacial score (nSPS) is 19.0. The highest BCUT2D eigenvalue weighted by atomic mass is 35.5. The summed E-state index contributed by atoms with van der Waals surface area (Å²) in [5.41, 5.74) is 0. The third-order valence-corrected chi connectivity index (χ3v) is 2.19. The van der Waals surface area contributed by atoms with Crippen molar-refractivity contribution in [2.45, 2.75) is 6.10 Å². The average molecular weight is 225 g/mol. The molecule has 15 heavy (non-hydrogen) atoms. The maximum absolute atomic E-state index is 10.7. The molecule has 78 valence electrons. The third kappa shape index (κ3) is 2.73. The molecule has 0 saturated heterocycles. The van der Waals surface area contributed by atoms with Gasteiger partial charge in [-0.2, -0.15) is 0 Å². The number of cyclic esters (lactones) is 1. The van der Waals surface area contributed by atoms with Crippen LogP contribution < -0.4 is 4.74 Å². The molecular weight excluding hydrogens is 216 g/mol. The topological polar surface area (TPSA) is 35.5 Å². The zero-order valence-corrected chi connectivity index (χ0v) is 8.61. The zero-order chi connectivity index (χ0) is 10.7. The number of carbonyl (C=O) groups is 1. The van der Waals surface area contributed by atoms with E-state index in [1.54, 1.807) is 30.3 Å². The first-order valence-electron chi connectivity index (χ1n) is 4.51. The second kappa shape index (κ2) is 4.36. The molecule has 0 bridgehead atoms. The fourth-order valence-electron chi connectivity index (χ4n) is 1.21. The standard InChI is InChI=1S/C11H9ClO3/c12-8-1-3-9(4-2-8)14-7-10-5-6-11(13)15-10/h1-6,10H,7H2. The lowest BCUT2D eigenvalue weighted by atomic mass is 10.3. The molecule has 1 aromatic carbocycles. The summed E-state index contributed by atoms with van der Waals surface area (Å²) < 4.78 is 10.3. The first-order valence-corrected chi connectivity index (χ1v) is 4.89. The Morgan fingerprint density at radius 2 is 2.07 bits per heavy atom. The molecule has 1 atom stereocenters. The minimum Gasteiger partial charge on any atom is -0.489 e. The molecule has 1 aromatic rings. The number of rotatable bonds is 3. The van der Waals surface area contributed by atoms with Crippen LogP contribution in [-0.4, -0.2) is 18.7 Å². The quantitative estimate of drug-likeness (QED) is 0.739. The Morgan fingerprint density at radius 1 is 1.33 bits per heavy atom. The van der Waals surface area contributed by atoms with Gasteiger partial charge in [-0.05, 0) is 30.3 Å². The van der Waals surface area contributed by atoms with Gasteiger partial charge in [-0.25, -0.2) is 4.79 Å². The lowest BCUT2D eigenvalue weighted by Crippen LogP contribution is -2.17. The second-order valence-electron chi connectivity index (χ2n) is 3.10. The van der Waals surface area contributed by atoms with E-state index in [2.05, 4.69) is 0 Å². The molecule has 0 amide bonds. The molecule has 0 radical (unpaired) electrons. The van der Waals surface area contributed by atoms with Gasteiger partial charge >= 0.3 is 5.97 Å². The van der Waals surface area contributed by atoms with E-state index < -0.39 is 0 Å². The van der Waals surface area contributed by atoms with Crippen LogP contribution in [0.2, 0.25) is 5.02 Å². The minimum absolute atomic E-state index is 0.284. The van der Waals surface area contributed by atoms with Gasteiger partial charge < -0.3 is 9.47 Å². The SMILES string of the molecule is O=C1C=CC(COc2ccc(Cl)cc2)O1. The molecule has 1 heterocycles. The van der Waals surface area contributed by atoms with Crippen LogP contribution in [0.1, 0.15) is 0 Å². The summed E-state index contributed by atoms with van der Waals surface area (Å²) in [5.74, 6) is 0.385. The highest BCUT2D eigenvalue weighted by Gasteiger charge is 2.16. The van der Waals surface area contributed by atoms with Gasteiger partial charge in [0.15, 0.2) is 6.10 Å². The van der Waals surface area contributed by atoms with E-state index in [0.29, 0.717) is 17.4 Å². The van der Waals surface area contributed by atoms with E-state index in [0.717, 1.165) is 0 Å². The fourth-order valence-corrected chi connectivity index (χ4v) is 1.34. The van der Waals surface area contributed by atoms with Crippen molar-refractivity contribution >= 4 is 17.6 Å². The Kier molecular flexibility index (Phi) is 2.92. The van der Waals surface area contributed by atoms with E-state index in [4.69, 9.17) is 21.1 Å². The first kappa shape index (κ1) is 10.1. The van der Waals surface area contributed by atoms with Gasteiger partial charge in [0.05, 0.1) is 0 Å². The van der Waals surface area contributed by atoms with Gasteiger partial charge in [-0.15, -0.1) is 0 Å². The van der Waals surface area contributed by atoms with Crippen molar-refractivity contribution in [3.63, 3.8) is 0 Å². The van der Waals surface area contributed by atoms with E-state index in [1.165, 1.54) is 6.08 Å². The Hall–Kier alpha value is -1.48. The molecule has 2 rings (SSSR count). The largest absolute Gasteiger partial charge is 0.489 e. The van der Waals surface area contributed by atoms with Crippen molar-refractivity contribution < 1.29 is 14.3 Å². The van der Waals surface area contributed by atoms with Gasteiger partial charge in [-0.3, -0.25) is 0 Å². The lowest BCUT2D eigenvalue weighted by molar-refractivity contribution is -0.139. The van der Waals surface area contributed by atoms with Gasteiger partial charge in [0, 0.05) is 11.1 Å². The van der Waals surface area contributed by atoms with Crippen LogP contribution in [-0.2, 0) is 9.53 Å². The first-order chi connectivity index (χ1) is 7.24. The molecule has 4 heteroatoms. The van der Waals surface area contributed by atoms with Crippen molar-refractivity contribution in [1.82, 2.24) is 0 Å². The van der Waals surface area contributed by atoms with Crippen LogP contribution in [0.15, 0.2) is 36.4 Å². The Morgan fingerprint density at radius 3 is 2.67 bits per heavy atom. The van der Waals surface area contributed by atoms with E-state index >= 15 is 0 Å². The van der Waals surface area contributed by atoms with Crippen LogP contribution in [0, 0.1) is 0 Å². The summed E-state index contributed by atoms with van der Waals surface area (Å²) in [6.07, 6.45) is 2.79. The van der Waals surface area contributed by atoms with Crippen molar-refractivity contribution in [1.29, 1.82) is 0 Å². The molecule has 0 saturated carbocycles. The molecule has 0 aliphatic carbocycles. The maximum atomic E-state index is 10.7. The maximum Gasteiger partial charge on any atom is 0.331 e. The Balaban J connectivity index is 1.86. The molecule has 1 aliphatic heterocycles. The molecule has 0 spiro atoms. The van der Waals surface area contributed by atoms with Crippen molar-refractivity contribution in [3.05, 3.63) is 41.4 Å². The Labute approximate surface area is 92.3 Å². The number of hydrogen-bond donors (Lipinski definition) is 0. The Bertz CT molecular complexity index is 383. The van der Waals surface area contributed by atoms with Crippen molar-refractivity contribution in [2.24, 2.45) is 0 Å². The molecule has 0 fully saturated rings. The summed E-state index contributed by atoms with van der Waals surface area (Å²) in [6.45, 7) is 0.323. The lowest BCUT2D eigenvalue weighted by Gasteiger charge is -2.10. The number of carbonyl (C=O) groups excluding carboxylic acids is 1. The van der Waals surface area contributed by atoms with Crippen LogP contribution in [0.25, 0.3) is 0 Å². The van der Waals surface area contributed by atoms with E-state index in [9.17, 15) is 4.79 Å². The molecule has 3 nitrogen and oxygen atoms in total. The van der Waals surface area contributed by atoms with E-state index in [1.807, 2.05) is 0 Å². The number of esters is 1. The van der Waals surface area contributed by atoms with Gasteiger partial charge in [0.1, 0.15) is 12.4 Å². The summed E-state index contributed by atoms with van der Waals surface area (Å²) in [7, 11) is 0. The van der Waals surface area contributed by atoms with Crippen LogP contribution in [0.5, 0.6) is 5.75 Å². The average Bonchev–Trinajstić information content (AvgIpc) is 2.64. The molecular formula is C11H9ClO3.